The van der Waals surface area contributed by atoms with Crippen LogP contribution in [0, 0.1) is 0 Å². The number of likely N-dealkylation sites (N-methyl/N-ethyl adjacent to an activating group) is 1. The normalized spacial score (nSPS) is 10.8. The molecule has 19 heavy (non-hydrogen) atoms. The fraction of sp³-hybridized carbons (Fsp3) is 0.294. The minimum Gasteiger partial charge on any atom is -0.508 e. The summed E-state index contributed by atoms with van der Waals surface area (Å²) >= 11 is 0. The summed E-state index contributed by atoms with van der Waals surface area (Å²) in [6, 6.07) is 18.1. The van der Waals surface area contributed by atoms with E-state index in [9.17, 15) is 5.11 Å². The second-order valence-corrected chi connectivity index (χ2v) is 4.77. The minimum atomic E-state index is 0.351. The lowest BCUT2D eigenvalue weighted by Gasteiger charge is -2.20. The molecule has 2 aromatic carbocycles. The molecule has 2 rings (SSSR count). The molecule has 0 aliphatic rings. The van der Waals surface area contributed by atoms with Crippen LogP contribution in [0.2, 0.25) is 0 Å². The van der Waals surface area contributed by atoms with E-state index >= 15 is 0 Å². The average molecular weight is 255 g/mol. The molecule has 100 valence electrons. The molecule has 0 heterocycles. The number of hydrogen-bond donors (Lipinski definition) is 1. The summed E-state index contributed by atoms with van der Waals surface area (Å²) in [5, 5.41) is 9.46. The van der Waals surface area contributed by atoms with Gasteiger partial charge in [0.25, 0.3) is 0 Å². The number of hydrogen-bond acceptors (Lipinski definition) is 2. The van der Waals surface area contributed by atoms with Gasteiger partial charge in [0.15, 0.2) is 0 Å². The largest absolute Gasteiger partial charge is 0.508 e. The van der Waals surface area contributed by atoms with Crippen LogP contribution in [0.25, 0.3) is 0 Å². The highest BCUT2D eigenvalue weighted by atomic mass is 16.3. The van der Waals surface area contributed by atoms with Crippen LogP contribution < -0.4 is 0 Å². The maximum atomic E-state index is 9.46. The van der Waals surface area contributed by atoms with Crippen molar-refractivity contribution in [1.29, 1.82) is 0 Å². The lowest BCUT2D eigenvalue weighted by atomic mass is 10.1. The Labute approximate surface area is 115 Å². The molecular formula is C17H21NO. The van der Waals surface area contributed by atoms with Gasteiger partial charge in [-0.05, 0) is 36.2 Å². The maximum absolute atomic E-state index is 9.46. The monoisotopic (exact) mass is 255 g/mol. The first-order valence-corrected chi connectivity index (χ1v) is 6.82. The molecule has 0 spiro atoms. The molecule has 2 heteroatoms. The first kappa shape index (κ1) is 13.6. The zero-order valence-electron chi connectivity index (χ0n) is 11.4. The van der Waals surface area contributed by atoms with Crippen molar-refractivity contribution in [2.45, 2.75) is 19.9 Å². The summed E-state index contributed by atoms with van der Waals surface area (Å²) in [6.07, 6.45) is 0.967. The molecule has 2 nitrogen and oxygen atoms in total. The van der Waals surface area contributed by atoms with Crippen molar-refractivity contribution in [2.75, 3.05) is 13.1 Å². The van der Waals surface area contributed by atoms with E-state index in [0.29, 0.717) is 5.75 Å². The van der Waals surface area contributed by atoms with Crippen molar-refractivity contribution in [3.8, 4) is 5.75 Å². The van der Waals surface area contributed by atoms with E-state index in [0.717, 1.165) is 26.1 Å². The van der Waals surface area contributed by atoms with Gasteiger partial charge >= 0.3 is 0 Å². The predicted octanol–water partition coefficient (Wildman–Crippen LogP) is 3.46. The standard InChI is InChI=1S/C17H21NO/c1-2-18(14-16-7-4-3-5-8-16)12-11-15-9-6-10-17(19)13-15/h3-10,13,19H,2,11-12,14H2,1H3. The van der Waals surface area contributed by atoms with E-state index in [1.807, 2.05) is 18.2 Å². The van der Waals surface area contributed by atoms with Gasteiger partial charge < -0.3 is 5.11 Å². The first-order chi connectivity index (χ1) is 9.28. The Morgan fingerprint density at radius 1 is 0.947 bits per heavy atom. The Balaban J connectivity index is 1.89. The predicted molar refractivity (Wildman–Crippen MR) is 79.2 cm³/mol. The fourth-order valence-corrected chi connectivity index (χ4v) is 2.19. The number of nitrogens with zero attached hydrogens (tertiary/aromatic N) is 1. The van der Waals surface area contributed by atoms with Crippen molar-refractivity contribution >= 4 is 0 Å². The fourth-order valence-electron chi connectivity index (χ4n) is 2.19. The molecule has 0 amide bonds. The molecule has 0 unspecified atom stereocenters. The smallest absolute Gasteiger partial charge is 0.115 e. The molecule has 0 aliphatic carbocycles. The maximum Gasteiger partial charge on any atom is 0.115 e. The Bertz CT molecular complexity index is 496. The molecule has 0 radical (unpaired) electrons. The molecule has 0 fully saturated rings. The molecule has 0 saturated carbocycles. The van der Waals surface area contributed by atoms with Gasteiger partial charge in [0.1, 0.15) is 5.75 Å². The van der Waals surface area contributed by atoms with E-state index in [-0.39, 0.29) is 0 Å². The van der Waals surface area contributed by atoms with Crippen LogP contribution in [0.1, 0.15) is 18.1 Å². The number of rotatable bonds is 6. The Morgan fingerprint density at radius 3 is 2.37 bits per heavy atom. The summed E-state index contributed by atoms with van der Waals surface area (Å²) in [4.78, 5) is 2.42. The van der Waals surface area contributed by atoms with Gasteiger partial charge in [0.2, 0.25) is 0 Å². The van der Waals surface area contributed by atoms with E-state index in [1.165, 1.54) is 11.1 Å². The highest BCUT2D eigenvalue weighted by Gasteiger charge is 2.04. The lowest BCUT2D eigenvalue weighted by molar-refractivity contribution is 0.283. The SMILES string of the molecule is CCN(CCc1cccc(O)c1)Cc1ccccc1. The van der Waals surface area contributed by atoms with Crippen LogP contribution in [0.4, 0.5) is 0 Å². The van der Waals surface area contributed by atoms with E-state index in [1.54, 1.807) is 6.07 Å². The molecule has 1 N–H and O–H groups in total. The molecule has 0 aromatic heterocycles. The van der Waals surface area contributed by atoms with Crippen molar-refractivity contribution in [1.82, 2.24) is 4.90 Å². The van der Waals surface area contributed by atoms with Gasteiger partial charge in [-0.15, -0.1) is 0 Å². The van der Waals surface area contributed by atoms with Gasteiger partial charge in [-0.1, -0.05) is 49.4 Å². The third kappa shape index (κ3) is 4.42. The zero-order chi connectivity index (χ0) is 13.5. The van der Waals surface area contributed by atoms with Crippen LogP contribution in [0.5, 0.6) is 5.75 Å². The Hall–Kier alpha value is -1.80. The summed E-state index contributed by atoms with van der Waals surface area (Å²) in [5.41, 5.74) is 2.53. The third-order valence-corrected chi connectivity index (χ3v) is 3.32. The van der Waals surface area contributed by atoms with E-state index in [4.69, 9.17) is 0 Å². The number of phenols is 1. The van der Waals surface area contributed by atoms with Crippen molar-refractivity contribution in [3.63, 3.8) is 0 Å². The van der Waals surface area contributed by atoms with Gasteiger partial charge in [0.05, 0.1) is 0 Å². The van der Waals surface area contributed by atoms with Gasteiger partial charge in [-0.2, -0.15) is 0 Å². The second-order valence-electron chi connectivity index (χ2n) is 4.77. The van der Waals surface area contributed by atoms with Crippen LogP contribution in [0.15, 0.2) is 54.6 Å². The number of phenolic OH excluding ortho intramolecular Hbond substituents is 1. The van der Waals surface area contributed by atoms with Crippen molar-refractivity contribution < 1.29 is 5.11 Å². The molecule has 0 bridgehead atoms. The van der Waals surface area contributed by atoms with Crippen molar-refractivity contribution in [2.24, 2.45) is 0 Å². The zero-order valence-corrected chi connectivity index (χ0v) is 11.4. The van der Waals surface area contributed by atoms with E-state index in [2.05, 4.69) is 42.2 Å². The first-order valence-electron chi connectivity index (χ1n) is 6.82. The van der Waals surface area contributed by atoms with Crippen molar-refractivity contribution in [3.05, 3.63) is 65.7 Å². The molecule has 0 aliphatic heterocycles. The minimum absolute atomic E-state index is 0.351. The Morgan fingerprint density at radius 2 is 1.68 bits per heavy atom. The van der Waals surface area contributed by atoms with E-state index < -0.39 is 0 Å². The average Bonchev–Trinajstić information content (AvgIpc) is 2.44. The molecule has 2 aromatic rings. The lowest BCUT2D eigenvalue weighted by Crippen LogP contribution is -2.25. The summed E-state index contributed by atoms with van der Waals surface area (Å²) in [6.45, 7) is 5.21. The quantitative estimate of drug-likeness (QED) is 0.854. The second kappa shape index (κ2) is 6.95. The van der Waals surface area contributed by atoms with Crippen LogP contribution >= 0.6 is 0 Å². The highest BCUT2D eigenvalue weighted by Crippen LogP contribution is 2.12. The topological polar surface area (TPSA) is 23.5 Å². The van der Waals surface area contributed by atoms with Gasteiger partial charge in [-0.3, -0.25) is 4.90 Å². The van der Waals surface area contributed by atoms with Gasteiger partial charge in [-0.25, -0.2) is 0 Å². The highest BCUT2D eigenvalue weighted by molar-refractivity contribution is 5.27. The summed E-state index contributed by atoms with van der Waals surface area (Å²) in [7, 11) is 0. The number of benzene rings is 2. The molecule has 0 atom stereocenters. The van der Waals surface area contributed by atoms with Crippen LogP contribution in [-0.4, -0.2) is 23.1 Å². The Kier molecular flexibility index (Phi) is 4.99. The summed E-state index contributed by atoms with van der Waals surface area (Å²) in [5.74, 6) is 0.351. The molecular weight excluding hydrogens is 234 g/mol. The van der Waals surface area contributed by atoms with Crippen LogP contribution in [-0.2, 0) is 13.0 Å². The van der Waals surface area contributed by atoms with Gasteiger partial charge in [0, 0.05) is 13.1 Å². The third-order valence-electron chi connectivity index (χ3n) is 3.32. The summed E-state index contributed by atoms with van der Waals surface area (Å²) < 4.78 is 0. The van der Waals surface area contributed by atoms with Crippen LogP contribution in [0.3, 0.4) is 0 Å². The molecule has 0 saturated heterocycles. The number of aromatic hydroxyl groups is 1.